The fraction of sp³-hybridized carbons (Fsp3) is 0.304. The Morgan fingerprint density at radius 2 is 2.21 bits per heavy atom. The van der Waals surface area contributed by atoms with E-state index in [0.717, 1.165) is 0 Å². The first-order valence-electron chi connectivity index (χ1n) is 10.2. The summed E-state index contributed by atoms with van der Waals surface area (Å²) in [6.07, 6.45) is 8.85. The minimum Gasteiger partial charge on any atom is -0.463 e. The maximum absolute atomic E-state index is 15.0. The van der Waals surface area contributed by atoms with E-state index in [1.807, 2.05) is 6.92 Å². The zero-order valence-electron chi connectivity index (χ0n) is 17.7. The number of rotatable bonds is 6. The highest BCUT2D eigenvalue weighted by molar-refractivity contribution is 8.15. The van der Waals surface area contributed by atoms with Crippen molar-refractivity contribution in [1.82, 2.24) is 15.0 Å². The molecule has 2 aromatic heterocycles. The summed E-state index contributed by atoms with van der Waals surface area (Å²) < 4.78 is 33.5. The topological polar surface area (TPSA) is 98.3 Å². The van der Waals surface area contributed by atoms with Gasteiger partial charge in [0.2, 0.25) is 5.88 Å². The summed E-state index contributed by atoms with van der Waals surface area (Å²) in [7, 11) is 0. The van der Waals surface area contributed by atoms with Crippen LogP contribution in [-0.2, 0) is 5.54 Å². The van der Waals surface area contributed by atoms with Crippen LogP contribution in [0.15, 0.2) is 41.7 Å². The predicted octanol–water partition coefficient (Wildman–Crippen LogP) is 3.92. The maximum Gasteiger partial charge on any atom is 0.233 e. The molecule has 1 aromatic carbocycles. The number of terminal acetylenes is 1. The largest absolute Gasteiger partial charge is 0.463 e. The first-order chi connectivity index (χ1) is 15.9. The third kappa shape index (κ3) is 3.62. The molecule has 1 aliphatic carbocycles. The van der Waals surface area contributed by atoms with Crippen LogP contribution in [0.2, 0.25) is 0 Å². The number of thioether (sulfide) groups is 1. The van der Waals surface area contributed by atoms with E-state index in [4.69, 9.17) is 16.9 Å². The van der Waals surface area contributed by atoms with Crippen molar-refractivity contribution in [1.29, 1.82) is 0 Å². The lowest BCUT2D eigenvalue weighted by atomic mass is 9.85. The Bertz CT molecular complexity index is 1330. The van der Waals surface area contributed by atoms with Crippen molar-refractivity contribution in [3.8, 4) is 18.2 Å². The number of alkyl halides is 1. The fourth-order valence-corrected chi connectivity index (χ4v) is 5.73. The number of hydrogen-bond acceptors (Lipinski definition) is 8. The number of nitrogens with zero attached hydrogens (tertiary/aromatic N) is 4. The number of hydrogen-bond donors (Lipinski definition) is 2. The Morgan fingerprint density at radius 3 is 3.00 bits per heavy atom. The predicted molar refractivity (Wildman–Crippen MR) is 125 cm³/mol. The Balaban J connectivity index is 1.49. The van der Waals surface area contributed by atoms with Gasteiger partial charge in [-0.1, -0.05) is 17.7 Å². The van der Waals surface area contributed by atoms with Crippen LogP contribution < -0.4 is 15.8 Å². The van der Waals surface area contributed by atoms with Gasteiger partial charge in [0, 0.05) is 23.4 Å². The Hall–Kier alpha value is -3.45. The van der Waals surface area contributed by atoms with Gasteiger partial charge in [0.05, 0.1) is 22.0 Å². The van der Waals surface area contributed by atoms with Gasteiger partial charge in [0.25, 0.3) is 0 Å². The van der Waals surface area contributed by atoms with Gasteiger partial charge in [0.15, 0.2) is 17.6 Å². The van der Waals surface area contributed by atoms with Gasteiger partial charge in [0.1, 0.15) is 18.0 Å². The molecule has 1 fully saturated rings. The van der Waals surface area contributed by atoms with Gasteiger partial charge >= 0.3 is 0 Å². The van der Waals surface area contributed by atoms with E-state index < -0.39 is 22.8 Å². The Kier molecular flexibility index (Phi) is 5.09. The third-order valence-corrected chi connectivity index (χ3v) is 7.36. The molecule has 0 radical (unpaired) electrons. The van der Waals surface area contributed by atoms with Crippen LogP contribution in [0.1, 0.15) is 18.9 Å². The van der Waals surface area contributed by atoms with Crippen molar-refractivity contribution in [3.05, 3.63) is 48.0 Å². The molecule has 3 aromatic rings. The van der Waals surface area contributed by atoms with E-state index in [1.54, 1.807) is 24.4 Å². The number of halogens is 2. The number of aromatic nitrogens is 3. The third-order valence-electron chi connectivity index (χ3n) is 6.10. The summed E-state index contributed by atoms with van der Waals surface area (Å²) >= 11 is 1.25. The normalized spacial score (nSPS) is 25.6. The van der Waals surface area contributed by atoms with E-state index in [9.17, 15) is 8.78 Å². The molecule has 10 heteroatoms. The van der Waals surface area contributed by atoms with Gasteiger partial charge in [-0.25, -0.2) is 23.7 Å². The van der Waals surface area contributed by atoms with Crippen molar-refractivity contribution < 1.29 is 13.5 Å². The Labute approximate surface area is 193 Å². The highest BCUT2D eigenvalue weighted by atomic mass is 32.2. The number of nitrogens with two attached hydrogens (primary N) is 1. The summed E-state index contributed by atoms with van der Waals surface area (Å²) in [5.41, 5.74) is 7.05. The first kappa shape index (κ1) is 21.4. The van der Waals surface area contributed by atoms with Crippen molar-refractivity contribution in [3.63, 3.8) is 0 Å². The monoisotopic (exact) mass is 466 g/mol. The molecular formula is C23H20F2N6OS. The van der Waals surface area contributed by atoms with E-state index in [-0.39, 0.29) is 17.7 Å². The first-order valence-corrected chi connectivity index (χ1v) is 11.1. The molecule has 2 aliphatic rings. The number of ether oxygens (including phenoxy) is 1. The second-order valence-electron chi connectivity index (χ2n) is 8.20. The standard InChI is InChI=1S/C23H20F2N6OS/c1-3-8-32-18-11-28-19-16(30-18)6-7-27-20(19)29-13-4-5-15(25)14(9-13)22(2)17-10-23(17,12-24)33-21(26)31-22/h1,4-7,9,11,17H,8,10,12H2,2H3,(H2,26,31)(H,27,29)/t17-,22+,23+/m0/s1. The molecule has 0 amide bonds. The van der Waals surface area contributed by atoms with E-state index >= 15 is 0 Å². The molecule has 5 rings (SSSR count). The van der Waals surface area contributed by atoms with Crippen LogP contribution in [0.3, 0.4) is 0 Å². The van der Waals surface area contributed by atoms with Gasteiger partial charge < -0.3 is 15.8 Å². The molecule has 0 saturated heterocycles. The number of nitrogens with one attached hydrogen (secondary N) is 1. The average molecular weight is 467 g/mol. The summed E-state index contributed by atoms with van der Waals surface area (Å²) in [6.45, 7) is 1.37. The van der Waals surface area contributed by atoms with E-state index in [0.29, 0.717) is 40.4 Å². The molecule has 3 atom stereocenters. The molecule has 3 heterocycles. The molecule has 7 nitrogen and oxygen atoms in total. The van der Waals surface area contributed by atoms with E-state index in [2.05, 4.69) is 31.2 Å². The maximum atomic E-state index is 15.0. The van der Waals surface area contributed by atoms with Gasteiger partial charge in [-0.3, -0.25) is 4.99 Å². The smallest absolute Gasteiger partial charge is 0.233 e. The zero-order valence-corrected chi connectivity index (χ0v) is 18.5. The molecule has 0 spiro atoms. The van der Waals surface area contributed by atoms with E-state index in [1.165, 1.54) is 24.0 Å². The van der Waals surface area contributed by atoms with Crippen LogP contribution in [0.25, 0.3) is 11.0 Å². The van der Waals surface area contributed by atoms with Crippen LogP contribution in [0.5, 0.6) is 5.88 Å². The van der Waals surface area contributed by atoms with Crippen molar-refractivity contribution in [2.75, 3.05) is 18.6 Å². The van der Waals surface area contributed by atoms with Crippen molar-refractivity contribution in [2.24, 2.45) is 16.6 Å². The number of amidine groups is 1. The lowest BCUT2D eigenvalue weighted by Crippen LogP contribution is -2.36. The number of aliphatic imine (C=N–C) groups is 1. The molecule has 168 valence electrons. The zero-order chi connectivity index (χ0) is 23.2. The lowest BCUT2D eigenvalue weighted by molar-refractivity contribution is 0.355. The van der Waals surface area contributed by atoms with Gasteiger partial charge in [-0.05, 0) is 37.6 Å². The van der Waals surface area contributed by atoms with Crippen molar-refractivity contribution in [2.45, 2.75) is 23.6 Å². The minimum absolute atomic E-state index is 0.0870. The van der Waals surface area contributed by atoms with Crippen LogP contribution in [0, 0.1) is 24.1 Å². The number of benzene rings is 1. The molecule has 3 N–H and O–H groups in total. The van der Waals surface area contributed by atoms with Crippen LogP contribution in [0.4, 0.5) is 20.3 Å². The summed E-state index contributed by atoms with van der Waals surface area (Å²) in [5, 5.41) is 3.46. The molecule has 1 saturated carbocycles. The minimum atomic E-state index is -0.960. The van der Waals surface area contributed by atoms with Gasteiger partial charge in [-0.15, -0.1) is 6.42 Å². The molecule has 0 bridgehead atoms. The highest BCUT2D eigenvalue weighted by Gasteiger charge is 2.66. The number of pyridine rings is 1. The number of fused-ring (bicyclic) bond motifs is 2. The summed E-state index contributed by atoms with van der Waals surface area (Å²) in [5.74, 6) is 2.56. The fourth-order valence-electron chi connectivity index (χ4n) is 4.40. The van der Waals surface area contributed by atoms with Crippen molar-refractivity contribution >= 4 is 39.5 Å². The van der Waals surface area contributed by atoms with Crippen LogP contribution in [-0.4, -0.2) is 38.1 Å². The summed E-state index contributed by atoms with van der Waals surface area (Å²) in [6, 6.07) is 6.33. The van der Waals surface area contributed by atoms with Gasteiger partial charge in [-0.2, -0.15) is 0 Å². The number of anilines is 2. The highest BCUT2D eigenvalue weighted by Crippen LogP contribution is 2.66. The quantitative estimate of drug-likeness (QED) is 0.531. The SMILES string of the molecule is C#CCOc1cnc2c(Nc3ccc(F)c([C@@]4(C)N=C(N)S[C@@]5(CF)C[C@H]54)c3)nccc2n1. The molecule has 33 heavy (non-hydrogen) atoms. The second kappa shape index (κ2) is 7.85. The molecular weight excluding hydrogens is 446 g/mol. The average Bonchev–Trinajstić information content (AvgIpc) is 3.55. The lowest BCUT2D eigenvalue weighted by Gasteiger charge is -2.33. The second-order valence-corrected chi connectivity index (χ2v) is 9.64. The molecule has 0 unspecified atom stereocenters. The summed E-state index contributed by atoms with van der Waals surface area (Å²) in [4.78, 5) is 17.7. The van der Waals surface area contributed by atoms with Crippen LogP contribution >= 0.6 is 11.8 Å². The molecule has 1 aliphatic heterocycles. The Morgan fingerprint density at radius 1 is 1.36 bits per heavy atom.